The molecule has 2 nitrogen and oxygen atoms in total. The van der Waals surface area contributed by atoms with E-state index in [0.29, 0.717) is 21.8 Å². The molecule has 2 aromatic rings. The Hall–Kier alpha value is -0.740. The second-order valence-corrected chi connectivity index (χ2v) is 6.64. The molecule has 0 aliphatic rings. The van der Waals surface area contributed by atoms with Gasteiger partial charge in [0, 0.05) is 23.1 Å². The van der Waals surface area contributed by atoms with Crippen molar-refractivity contribution in [3.63, 3.8) is 0 Å². The summed E-state index contributed by atoms with van der Waals surface area (Å²) >= 11 is 15.4. The maximum Gasteiger partial charge on any atom is 0.129 e. The molecule has 21 heavy (non-hydrogen) atoms. The van der Waals surface area contributed by atoms with E-state index in [4.69, 9.17) is 27.9 Å². The zero-order valence-electron chi connectivity index (χ0n) is 11.8. The van der Waals surface area contributed by atoms with Crippen LogP contribution in [0.2, 0.25) is 10.0 Å². The van der Waals surface area contributed by atoms with Gasteiger partial charge in [-0.2, -0.15) is 0 Å². The molecule has 0 atom stereocenters. The minimum atomic E-state index is 0.448. The number of ether oxygens (including phenoxy) is 1. The van der Waals surface area contributed by atoms with Gasteiger partial charge in [0.05, 0.1) is 10.0 Å². The lowest BCUT2D eigenvalue weighted by Crippen LogP contribution is -2.21. The summed E-state index contributed by atoms with van der Waals surface area (Å²) in [6.07, 6.45) is 0. The van der Waals surface area contributed by atoms with E-state index in [2.05, 4.69) is 35.1 Å². The molecule has 0 unspecified atom stereocenters. The normalized spacial score (nSPS) is 11.0. The molecule has 0 aliphatic carbocycles. The van der Waals surface area contributed by atoms with Crippen LogP contribution in [0.5, 0.6) is 11.5 Å². The van der Waals surface area contributed by atoms with E-state index in [0.717, 1.165) is 16.8 Å². The van der Waals surface area contributed by atoms with Gasteiger partial charge in [0.25, 0.3) is 0 Å². The Labute approximate surface area is 143 Å². The van der Waals surface area contributed by atoms with Crippen LogP contribution in [0.1, 0.15) is 19.4 Å². The summed E-state index contributed by atoms with van der Waals surface area (Å²) in [5.74, 6) is 1.40. The van der Waals surface area contributed by atoms with Crippen LogP contribution >= 0.6 is 39.1 Å². The Morgan fingerprint density at radius 1 is 1.05 bits per heavy atom. The van der Waals surface area contributed by atoms with Crippen molar-refractivity contribution in [1.82, 2.24) is 5.32 Å². The van der Waals surface area contributed by atoms with Gasteiger partial charge in [0.2, 0.25) is 0 Å². The smallest absolute Gasteiger partial charge is 0.129 e. The summed E-state index contributed by atoms with van der Waals surface area (Å²) in [6, 6.07) is 11.6. The van der Waals surface area contributed by atoms with Gasteiger partial charge in [0.15, 0.2) is 0 Å². The molecular formula is C16H16BrCl2NO. The molecule has 0 amide bonds. The van der Waals surface area contributed by atoms with Gasteiger partial charge < -0.3 is 10.1 Å². The average molecular weight is 389 g/mol. The molecule has 2 aromatic carbocycles. The van der Waals surface area contributed by atoms with Crippen LogP contribution in [0, 0.1) is 0 Å². The molecule has 5 heteroatoms. The van der Waals surface area contributed by atoms with Crippen LogP contribution in [0.4, 0.5) is 0 Å². The molecule has 0 aliphatic heterocycles. The van der Waals surface area contributed by atoms with Gasteiger partial charge in [0.1, 0.15) is 11.5 Å². The Kier molecular flexibility index (Phi) is 5.94. The van der Waals surface area contributed by atoms with Crippen molar-refractivity contribution >= 4 is 39.1 Å². The maximum absolute atomic E-state index is 5.98. The first-order chi connectivity index (χ1) is 9.95. The summed E-state index contributed by atoms with van der Waals surface area (Å²) in [5, 5.41) is 4.37. The number of nitrogens with one attached hydrogen (secondary N) is 1. The summed E-state index contributed by atoms with van der Waals surface area (Å²) in [7, 11) is 0. The number of benzene rings is 2. The van der Waals surface area contributed by atoms with E-state index in [-0.39, 0.29) is 0 Å². The Morgan fingerprint density at radius 2 is 1.71 bits per heavy atom. The van der Waals surface area contributed by atoms with Crippen molar-refractivity contribution in [3.8, 4) is 11.5 Å². The van der Waals surface area contributed by atoms with Crippen LogP contribution in [-0.2, 0) is 6.54 Å². The molecule has 2 rings (SSSR count). The van der Waals surface area contributed by atoms with Crippen LogP contribution < -0.4 is 10.1 Å². The van der Waals surface area contributed by atoms with Crippen LogP contribution in [0.15, 0.2) is 40.9 Å². The highest BCUT2D eigenvalue weighted by Crippen LogP contribution is 2.31. The second kappa shape index (κ2) is 7.50. The Bertz CT molecular complexity index is 632. The van der Waals surface area contributed by atoms with Crippen molar-refractivity contribution in [3.05, 3.63) is 56.5 Å². The highest BCUT2D eigenvalue weighted by Gasteiger charge is 2.06. The first-order valence-electron chi connectivity index (χ1n) is 6.60. The van der Waals surface area contributed by atoms with Crippen molar-refractivity contribution < 1.29 is 4.74 Å². The standard InChI is InChI=1S/C16H16BrCl2NO/c1-10(2)20-9-11-3-4-12(7-14(11)17)21-13-5-6-15(18)16(19)8-13/h3-8,10,20H,9H2,1-2H3. The van der Waals surface area contributed by atoms with E-state index >= 15 is 0 Å². The van der Waals surface area contributed by atoms with E-state index < -0.39 is 0 Å². The molecule has 0 bridgehead atoms. The summed E-state index contributed by atoms with van der Waals surface area (Å²) in [4.78, 5) is 0. The zero-order chi connectivity index (χ0) is 15.4. The molecule has 112 valence electrons. The first kappa shape index (κ1) is 16.6. The fourth-order valence-corrected chi connectivity index (χ4v) is 2.51. The fraction of sp³-hybridized carbons (Fsp3) is 0.250. The van der Waals surface area contributed by atoms with Gasteiger partial charge in [-0.1, -0.05) is 59.0 Å². The van der Waals surface area contributed by atoms with Crippen molar-refractivity contribution in [2.45, 2.75) is 26.4 Å². The van der Waals surface area contributed by atoms with Gasteiger partial charge in [-0.25, -0.2) is 0 Å². The van der Waals surface area contributed by atoms with Crippen LogP contribution in [0.25, 0.3) is 0 Å². The minimum Gasteiger partial charge on any atom is -0.457 e. The van der Waals surface area contributed by atoms with E-state index in [1.165, 1.54) is 5.56 Å². The molecule has 0 saturated heterocycles. The van der Waals surface area contributed by atoms with Crippen LogP contribution in [-0.4, -0.2) is 6.04 Å². The largest absolute Gasteiger partial charge is 0.457 e. The van der Waals surface area contributed by atoms with E-state index in [1.807, 2.05) is 18.2 Å². The lowest BCUT2D eigenvalue weighted by atomic mass is 10.2. The lowest BCUT2D eigenvalue weighted by Gasteiger charge is -2.12. The minimum absolute atomic E-state index is 0.448. The highest BCUT2D eigenvalue weighted by atomic mass is 79.9. The third-order valence-electron chi connectivity index (χ3n) is 2.85. The SMILES string of the molecule is CC(C)NCc1ccc(Oc2ccc(Cl)c(Cl)c2)cc1Br. The predicted octanol–water partition coefficient (Wildman–Crippen LogP) is 6.05. The third-order valence-corrected chi connectivity index (χ3v) is 4.33. The van der Waals surface area contributed by atoms with Gasteiger partial charge >= 0.3 is 0 Å². The number of rotatable bonds is 5. The molecule has 1 N–H and O–H groups in total. The van der Waals surface area contributed by atoms with Crippen molar-refractivity contribution in [2.75, 3.05) is 0 Å². The zero-order valence-corrected chi connectivity index (χ0v) is 14.9. The third kappa shape index (κ3) is 4.89. The first-order valence-corrected chi connectivity index (χ1v) is 8.15. The van der Waals surface area contributed by atoms with E-state index in [1.54, 1.807) is 18.2 Å². The summed E-state index contributed by atoms with van der Waals surface area (Å²) < 4.78 is 6.79. The van der Waals surface area contributed by atoms with Crippen molar-refractivity contribution in [2.24, 2.45) is 0 Å². The number of hydrogen-bond donors (Lipinski definition) is 1. The second-order valence-electron chi connectivity index (χ2n) is 4.97. The van der Waals surface area contributed by atoms with E-state index in [9.17, 15) is 0 Å². The summed E-state index contributed by atoms with van der Waals surface area (Å²) in [5.41, 5.74) is 1.19. The number of halogens is 3. The molecule has 0 radical (unpaired) electrons. The Balaban J connectivity index is 2.10. The van der Waals surface area contributed by atoms with Gasteiger partial charge in [-0.05, 0) is 29.8 Å². The van der Waals surface area contributed by atoms with Gasteiger partial charge in [-0.3, -0.25) is 0 Å². The molecule has 0 fully saturated rings. The van der Waals surface area contributed by atoms with Gasteiger partial charge in [-0.15, -0.1) is 0 Å². The lowest BCUT2D eigenvalue weighted by molar-refractivity contribution is 0.482. The molecule has 0 aromatic heterocycles. The highest BCUT2D eigenvalue weighted by molar-refractivity contribution is 9.10. The maximum atomic E-state index is 5.98. The topological polar surface area (TPSA) is 21.3 Å². The predicted molar refractivity (Wildman–Crippen MR) is 92.7 cm³/mol. The van der Waals surface area contributed by atoms with Crippen LogP contribution in [0.3, 0.4) is 0 Å². The Morgan fingerprint density at radius 3 is 2.33 bits per heavy atom. The summed E-state index contributed by atoms with van der Waals surface area (Å²) in [6.45, 7) is 5.05. The molecular weight excluding hydrogens is 373 g/mol. The number of hydrogen-bond acceptors (Lipinski definition) is 2. The quantitative estimate of drug-likeness (QED) is 0.673. The monoisotopic (exact) mass is 387 g/mol. The molecule has 0 heterocycles. The average Bonchev–Trinajstić information content (AvgIpc) is 2.42. The fourth-order valence-electron chi connectivity index (χ4n) is 1.73. The van der Waals surface area contributed by atoms with Crippen molar-refractivity contribution in [1.29, 1.82) is 0 Å². The molecule has 0 spiro atoms. The molecule has 0 saturated carbocycles.